The van der Waals surface area contributed by atoms with E-state index in [0.717, 1.165) is 45.3 Å². The van der Waals surface area contributed by atoms with Gasteiger partial charge < -0.3 is 19.8 Å². The van der Waals surface area contributed by atoms with Gasteiger partial charge in [-0.15, -0.1) is 0 Å². The molecular formula is C36H29BN2O2. The van der Waals surface area contributed by atoms with Crippen LogP contribution >= 0.6 is 0 Å². The van der Waals surface area contributed by atoms with Crippen LogP contribution in [0.25, 0.3) is 11.1 Å². The topological polar surface area (TPSA) is 46.9 Å². The molecular weight excluding hydrogens is 503 g/mol. The lowest BCUT2D eigenvalue weighted by atomic mass is 9.80. The highest BCUT2D eigenvalue weighted by Crippen LogP contribution is 2.39. The van der Waals surface area contributed by atoms with E-state index >= 15 is 0 Å². The van der Waals surface area contributed by atoms with E-state index in [4.69, 9.17) is 0 Å². The molecule has 0 aliphatic heterocycles. The van der Waals surface area contributed by atoms with Gasteiger partial charge in [0, 0.05) is 34.1 Å². The third kappa shape index (κ3) is 5.77. The lowest BCUT2D eigenvalue weighted by molar-refractivity contribution is 0.426. The Balaban J connectivity index is 1.35. The summed E-state index contributed by atoms with van der Waals surface area (Å²) in [4.78, 5) is 4.50. The number of nitrogens with zero attached hydrogens (tertiary/aromatic N) is 2. The molecule has 0 unspecified atom stereocenters. The zero-order valence-electron chi connectivity index (χ0n) is 22.5. The highest BCUT2D eigenvalue weighted by atomic mass is 16.4. The Kier molecular flexibility index (Phi) is 7.63. The standard InChI is InChI=1S/C36H29BN2O2/c40-37(41)30-20-16-28(17-21-30)29-18-22-34(23-19-29)39(33-14-8-3-9-15-33)36-26-24-35(25-27-36)38(31-10-4-1-5-11-31)32-12-6-2-7-13-32/h1-27,40-41H. The molecule has 4 nitrogen and oxygen atoms in total. The van der Waals surface area contributed by atoms with Crippen LogP contribution in [-0.4, -0.2) is 17.2 Å². The second-order valence-electron chi connectivity index (χ2n) is 9.74. The smallest absolute Gasteiger partial charge is 0.423 e. The molecule has 6 rings (SSSR count). The fraction of sp³-hybridized carbons (Fsp3) is 0. The summed E-state index contributed by atoms with van der Waals surface area (Å²) in [5.41, 5.74) is 8.97. The minimum absolute atomic E-state index is 0.474. The van der Waals surface area contributed by atoms with Gasteiger partial charge >= 0.3 is 7.12 Å². The van der Waals surface area contributed by atoms with Crippen molar-refractivity contribution in [1.82, 2.24) is 0 Å². The minimum atomic E-state index is -1.47. The van der Waals surface area contributed by atoms with Gasteiger partial charge in [-0.1, -0.05) is 91.0 Å². The zero-order chi connectivity index (χ0) is 28.0. The van der Waals surface area contributed by atoms with Crippen LogP contribution < -0.4 is 15.3 Å². The molecule has 0 radical (unpaired) electrons. The van der Waals surface area contributed by atoms with E-state index in [9.17, 15) is 10.0 Å². The van der Waals surface area contributed by atoms with Crippen molar-refractivity contribution in [3.8, 4) is 11.1 Å². The van der Waals surface area contributed by atoms with E-state index in [2.05, 4.69) is 131 Å². The number of rotatable bonds is 8. The Hall–Kier alpha value is -5.10. The Bertz CT molecular complexity index is 1640. The first-order chi connectivity index (χ1) is 20.2. The fourth-order valence-electron chi connectivity index (χ4n) is 5.03. The second kappa shape index (κ2) is 12.0. The molecule has 0 bridgehead atoms. The average Bonchev–Trinajstić information content (AvgIpc) is 3.04. The van der Waals surface area contributed by atoms with E-state index in [1.807, 2.05) is 30.3 Å². The van der Waals surface area contributed by atoms with Crippen molar-refractivity contribution in [2.75, 3.05) is 9.80 Å². The Labute approximate surface area is 241 Å². The zero-order valence-corrected chi connectivity index (χ0v) is 22.5. The highest BCUT2D eigenvalue weighted by Gasteiger charge is 2.16. The van der Waals surface area contributed by atoms with Crippen molar-refractivity contribution < 1.29 is 10.0 Å². The summed E-state index contributed by atoms with van der Waals surface area (Å²) < 4.78 is 0. The van der Waals surface area contributed by atoms with E-state index in [1.54, 1.807) is 12.1 Å². The van der Waals surface area contributed by atoms with Crippen LogP contribution in [0.1, 0.15) is 0 Å². The molecule has 6 aromatic carbocycles. The van der Waals surface area contributed by atoms with Crippen molar-refractivity contribution in [3.05, 3.63) is 164 Å². The summed E-state index contributed by atoms with van der Waals surface area (Å²) in [5, 5.41) is 18.8. The predicted octanol–water partition coefficient (Wildman–Crippen LogP) is 7.97. The van der Waals surface area contributed by atoms with Crippen LogP contribution in [0.4, 0.5) is 34.1 Å². The Morgan fingerprint density at radius 1 is 0.317 bits per heavy atom. The molecule has 0 aromatic heterocycles. The van der Waals surface area contributed by atoms with Crippen molar-refractivity contribution in [3.63, 3.8) is 0 Å². The largest absolute Gasteiger partial charge is 0.488 e. The van der Waals surface area contributed by atoms with Crippen molar-refractivity contribution in [1.29, 1.82) is 0 Å². The maximum atomic E-state index is 9.41. The summed E-state index contributed by atoms with van der Waals surface area (Å²) in [6.07, 6.45) is 0. The summed E-state index contributed by atoms with van der Waals surface area (Å²) in [7, 11) is -1.47. The molecule has 198 valence electrons. The first-order valence-corrected chi connectivity index (χ1v) is 13.6. The molecule has 6 aromatic rings. The average molecular weight is 532 g/mol. The molecule has 0 saturated carbocycles. The molecule has 0 aliphatic rings. The van der Waals surface area contributed by atoms with E-state index in [-0.39, 0.29) is 0 Å². The molecule has 5 heteroatoms. The molecule has 0 saturated heterocycles. The van der Waals surface area contributed by atoms with Crippen LogP contribution in [0.2, 0.25) is 0 Å². The number of benzene rings is 6. The molecule has 0 amide bonds. The van der Waals surface area contributed by atoms with Gasteiger partial charge in [0.1, 0.15) is 0 Å². The van der Waals surface area contributed by atoms with Gasteiger partial charge in [-0.2, -0.15) is 0 Å². The number of para-hydroxylation sites is 3. The van der Waals surface area contributed by atoms with Gasteiger partial charge in [-0.25, -0.2) is 0 Å². The monoisotopic (exact) mass is 532 g/mol. The third-order valence-corrected chi connectivity index (χ3v) is 7.08. The third-order valence-electron chi connectivity index (χ3n) is 7.08. The van der Waals surface area contributed by atoms with Crippen LogP contribution in [-0.2, 0) is 0 Å². The van der Waals surface area contributed by atoms with Gasteiger partial charge in [0.05, 0.1) is 0 Å². The summed E-state index contributed by atoms with van der Waals surface area (Å²) in [6, 6.07) is 55.5. The Morgan fingerprint density at radius 2 is 0.585 bits per heavy atom. The molecule has 0 heterocycles. The van der Waals surface area contributed by atoms with E-state index < -0.39 is 7.12 Å². The summed E-state index contributed by atoms with van der Waals surface area (Å²) in [5.74, 6) is 0. The summed E-state index contributed by atoms with van der Waals surface area (Å²) in [6.45, 7) is 0. The SMILES string of the molecule is OB(O)c1ccc(-c2ccc(N(c3ccccc3)c3ccc(N(c4ccccc4)c4ccccc4)cc3)cc2)cc1. The van der Waals surface area contributed by atoms with Gasteiger partial charge in [0.15, 0.2) is 0 Å². The van der Waals surface area contributed by atoms with Crippen molar-refractivity contribution in [2.24, 2.45) is 0 Å². The Morgan fingerprint density at radius 3 is 0.902 bits per heavy atom. The first-order valence-electron chi connectivity index (χ1n) is 13.6. The van der Waals surface area contributed by atoms with Crippen LogP contribution in [0.5, 0.6) is 0 Å². The second-order valence-corrected chi connectivity index (χ2v) is 9.74. The quantitative estimate of drug-likeness (QED) is 0.195. The number of anilines is 6. The lowest BCUT2D eigenvalue weighted by Gasteiger charge is -2.28. The number of hydrogen-bond donors (Lipinski definition) is 2. The molecule has 2 N–H and O–H groups in total. The lowest BCUT2D eigenvalue weighted by Crippen LogP contribution is -2.29. The number of hydrogen-bond acceptors (Lipinski definition) is 4. The van der Waals surface area contributed by atoms with Crippen molar-refractivity contribution in [2.45, 2.75) is 0 Å². The highest BCUT2D eigenvalue weighted by molar-refractivity contribution is 6.58. The van der Waals surface area contributed by atoms with Crippen LogP contribution in [0.3, 0.4) is 0 Å². The van der Waals surface area contributed by atoms with Crippen LogP contribution in [0.15, 0.2) is 164 Å². The van der Waals surface area contributed by atoms with Gasteiger partial charge in [-0.05, 0) is 89.4 Å². The van der Waals surface area contributed by atoms with Gasteiger partial charge in [0.2, 0.25) is 0 Å². The molecule has 0 fully saturated rings. The normalized spacial score (nSPS) is 10.7. The van der Waals surface area contributed by atoms with Crippen LogP contribution in [0, 0.1) is 0 Å². The van der Waals surface area contributed by atoms with E-state index in [0.29, 0.717) is 5.46 Å². The first kappa shape index (κ1) is 26.1. The molecule has 0 aliphatic carbocycles. The fourth-order valence-corrected chi connectivity index (χ4v) is 5.03. The maximum absolute atomic E-state index is 9.41. The molecule has 0 spiro atoms. The molecule has 0 atom stereocenters. The summed E-state index contributed by atoms with van der Waals surface area (Å²) >= 11 is 0. The van der Waals surface area contributed by atoms with Crippen molar-refractivity contribution >= 4 is 46.7 Å². The predicted molar refractivity (Wildman–Crippen MR) is 171 cm³/mol. The maximum Gasteiger partial charge on any atom is 0.488 e. The minimum Gasteiger partial charge on any atom is -0.423 e. The van der Waals surface area contributed by atoms with Gasteiger partial charge in [0.25, 0.3) is 0 Å². The van der Waals surface area contributed by atoms with Gasteiger partial charge in [-0.3, -0.25) is 0 Å². The van der Waals surface area contributed by atoms with E-state index in [1.165, 1.54) is 0 Å². The molecule has 41 heavy (non-hydrogen) atoms.